The first-order valence-electron chi connectivity index (χ1n) is 13.4. The van der Waals surface area contributed by atoms with Gasteiger partial charge >= 0.3 is 17.9 Å². The number of benzene rings is 3. The summed E-state index contributed by atoms with van der Waals surface area (Å²) in [4.78, 5) is 61.2. The quantitative estimate of drug-likeness (QED) is 0.0563. The molecule has 0 fully saturated rings. The van der Waals surface area contributed by atoms with E-state index in [4.69, 9.17) is 28.4 Å². The van der Waals surface area contributed by atoms with Crippen molar-refractivity contribution in [2.24, 2.45) is 0 Å². The zero-order chi connectivity index (χ0) is 31.0. The Hall–Kier alpha value is -4.71. The monoisotopic (exact) mass is 592 g/mol. The minimum Gasteiger partial charge on any atom is -0.461 e. The summed E-state index contributed by atoms with van der Waals surface area (Å²) in [5.41, 5.74) is 0.925. The summed E-state index contributed by atoms with van der Waals surface area (Å²) in [6.45, 7) is 2.47. The van der Waals surface area contributed by atoms with Gasteiger partial charge < -0.3 is 28.4 Å². The molecule has 0 aromatic heterocycles. The van der Waals surface area contributed by atoms with Crippen molar-refractivity contribution in [3.05, 3.63) is 108 Å². The number of esters is 3. The Kier molecular flexibility index (Phi) is 13.2. The lowest BCUT2D eigenvalue weighted by Crippen LogP contribution is -2.27. The van der Waals surface area contributed by atoms with E-state index >= 15 is 0 Å². The molecule has 0 aliphatic heterocycles. The number of hydrogen-bond donors (Lipinski definition) is 0. The van der Waals surface area contributed by atoms with Crippen LogP contribution >= 0.6 is 0 Å². The van der Waals surface area contributed by atoms with Crippen molar-refractivity contribution in [1.29, 1.82) is 0 Å². The fourth-order valence-electron chi connectivity index (χ4n) is 3.63. The first-order chi connectivity index (χ1) is 20.8. The van der Waals surface area contributed by atoms with Crippen molar-refractivity contribution < 1.29 is 52.4 Å². The van der Waals surface area contributed by atoms with Crippen LogP contribution < -0.4 is 0 Å². The number of hydrogen-bond acceptors (Lipinski definition) is 11. The van der Waals surface area contributed by atoms with Gasteiger partial charge in [0.25, 0.3) is 11.6 Å². The summed E-state index contributed by atoms with van der Waals surface area (Å²) in [6, 6.07) is 24.6. The molecule has 0 heterocycles. The average molecular weight is 593 g/mol. The summed E-state index contributed by atoms with van der Waals surface area (Å²) < 4.78 is 31.8. The van der Waals surface area contributed by atoms with Crippen LogP contribution in [0.25, 0.3) is 0 Å². The predicted octanol–water partition coefficient (Wildman–Crippen LogP) is 3.86. The molecule has 0 saturated heterocycles. The highest BCUT2D eigenvalue weighted by atomic mass is 16.7. The molecule has 0 N–H and O–H groups in total. The largest absolute Gasteiger partial charge is 0.461 e. The van der Waals surface area contributed by atoms with E-state index in [0.29, 0.717) is 5.56 Å². The Bertz CT molecular complexity index is 1340. The van der Waals surface area contributed by atoms with Gasteiger partial charge in [0.2, 0.25) is 12.6 Å². The predicted molar refractivity (Wildman–Crippen MR) is 151 cm³/mol. The first-order valence-corrected chi connectivity index (χ1v) is 13.4. The van der Waals surface area contributed by atoms with Gasteiger partial charge in [0, 0.05) is 11.1 Å². The summed E-state index contributed by atoms with van der Waals surface area (Å²) in [6.07, 6.45) is -3.19. The van der Waals surface area contributed by atoms with E-state index in [1.54, 1.807) is 66.7 Å². The lowest BCUT2D eigenvalue weighted by Gasteiger charge is -2.19. The topological polar surface area (TPSA) is 141 Å². The van der Waals surface area contributed by atoms with Gasteiger partial charge in [0.05, 0.1) is 19.8 Å². The Morgan fingerprint density at radius 3 is 1.40 bits per heavy atom. The third kappa shape index (κ3) is 10.9. The minimum absolute atomic E-state index is 0.0573. The summed E-state index contributed by atoms with van der Waals surface area (Å²) in [5, 5.41) is 0. The van der Waals surface area contributed by atoms with Crippen molar-refractivity contribution >= 4 is 29.5 Å². The number of Topliss-reactive ketones (excluding diaryl/α,β-unsaturated/α-hetero) is 2. The van der Waals surface area contributed by atoms with E-state index in [1.165, 1.54) is 38.1 Å². The molecule has 0 radical (unpaired) electrons. The molecular weight excluding hydrogens is 560 g/mol. The maximum atomic E-state index is 12.8. The van der Waals surface area contributed by atoms with Crippen LogP contribution in [-0.4, -0.2) is 68.5 Å². The van der Waals surface area contributed by atoms with Gasteiger partial charge in [0.15, 0.2) is 6.10 Å². The number of carbonyl (C=O) groups is 5. The van der Waals surface area contributed by atoms with Crippen LogP contribution in [0.4, 0.5) is 0 Å². The number of ether oxygens (including phenoxy) is 6. The zero-order valence-electron chi connectivity index (χ0n) is 23.7. The third-order valence-corrected chi connectivity index (χ3v) is 5.71. The normalized spacial score (nSPS) is 12.8. The summed E-state index contributed by atoms with van der Waals surface area (Å²) >= 11 is 0. The van der Waals surface area contributed by atoms with Gasteiger partial charge in [-0.25, -0.2) is 14.4 Å². The van der Waals surface area contributed by atoms with E-state index in [9.17, 15) is 24.0 Å². The number of rotatable bonds is 17. The molecular formula is C32H32O11. The molecule has 0 spiro atoms. The minimum atomic E-state index is -1.10. The van der Waals surface area contributed by atoms with Crippen LogP contribution in [0.5, 0.6) is 0 Å². The van der Waals surface area contributed by atoms with E-state index in [2.05, 4.69) is 0 Å². The van der Waals surface area contributed by atoms with Crippen molar-refractivity contribution in [3.8, 4) is 0 Å². The second kappa shape index (κ2) is 17.3. The van der Waals surface area contributed by atoms with Gasteiger partial charge in [0.1, 0.15) is 6.61 Å². The lowest BCUT2D eigenvalue weighted by atomic mass is 10.1. The maximum absolute atomic E-state index is 12.8. The van der Waals surface area contributed by atoms with Gasteiger partial charge in [-0.15, -0.1) is 0 Å². The number of carbonyl (C=O) groups excluding carboxylic acids is 5. The average Bonchev–Trinajstić information content (AvgIpc) is 3.03. The molecule has 0 amide bonds. The van der Waals surface area contributed by atoms with Gasteiger partial charge in [-0.05, 0) is 19.4 Å². The highest BCUT2D eigenvalue weighted by Crippen LogP contribution is 2.19. The first kappa shape index (κ1) is 32.8. The Labute approximate surface area is 248 Å². The van der Waals surface area contributed by atoms with Crippen molar-refractivity contribution in [2.45, 2.75) is 32.5 Å². The summed E-state index contributed by atoms with van der Waals surface area (Å²) in [7, 11) is 0. The fraction of sp³-hybridized carbons (Fsp3) is 0.281. The molecule has 3 aromatic carbocycles. The van der Waals surface area contributed by atoms with Crippen LogP contribution in [0.15, 0.2) is 91.0 Å². The Morgan fingerprint density at radius 2 is 0.930 bits per heavy atom. The van der Waals surface area contributed by atoms with Crippen molar-refractivity contribution in [2.75, 3.05) is 26.4 Å². The molecule has 11 heteroatoms. The molecule has 3 rings (SSSR count). The van der Waals surface area contributed by atoms with E-state index in [0.717, 1.165) is 0 Å². The van der Waals surface area contributed by atoms with E-state index < -0.39 is 48.2 Å². The molecule has 43 heavy (non-hydrogen) atoms. The third-order valence-electron chi connectivity index (χ3n) is 5.71. The maximum Gasteiger partial charge on any atom is 0.381 e. The molecule has 3 atom stereocenters. The zero-order valence-corrected chi connectivity index (χ0v) is 23.7. The Balaban J connectivity index is 1.40. The summed E-state index contributed by atoms with van der Waals surface area (Å²) in [5.74, 6) is -4.42. The highest BCUT2D eigenvalue weighted by molar-refractivity contribution is 6.41. The van der Waals surface area contributed by atoms with Crippen LogP contribution in [0, 0.1) is 0 Å². The Morgan fingerprint density at radius 1 is 0.535 bits per heavy atom. The molecule has 3 unspecified atom stereocenters. The van der Waals surface area contributed by atoms with Gasteiger partial charge in [-0.1, -0.05) is 91.0 Å². The smallest absolute Gasteiger partial charge is 0.381 e. The van der Waals surface area contributed by atoms with Crippen molar-refractivity contribution in [3.63, 3.8) is 0 Å². The lowest BCUT2D eigenvalue weighted by molar-refractivity contribution is -0.179. The van der Waals surface area contributed by atoms with Gasteiger partial charge in [-0.3, -0.25) is 9.59 Å². The van der Waals surface area contributed by atoms with Gasteiger partial charge in [-0.2, -0.15) is 0 Å². The molecule has 0 aliphatic rings. The second-order valence-corrected chi connectivity index (χ2v) is 8.91. The SMILES string of the molecule is CC(OCCOC(=O)C(OCCOC(C)OC(=O)C(=O)c1ccccc1)c1ccccc1)OC(=O)C(=O)c1ccccc1. The fourth-order valence-corrected chi connectivity index (χ4v) is 3.63. The number of ketones is 2. The molecule has 3 aromatic rings. The van der Waals surface area contributed by atoms with E-state index in [-0.39, 0.29) is 37.6 Å². The standard InChI is InChI=1S/C32H32O11/c1-22(42-30(35)27(33)24-12-6-3-7-13-24)38-18-20-40-29(26-16-10-5-11-17-26)32(37)41-21-19-39-23(2)43-31(36)28(34)25-14-8-4-9-15-25/h3-17,22-23,29H,18-21H2,1-2H3. The molecule has 0 aliphatic carbocycles. The highest BCUT2D eigenvalue weighted by Gasteiger charge is 2.25. The van der Waals surface area contributed by atoms with E-state index in [1.807, 2.05) is 0 Å². The van der Waals surface area contributed by atoms with Crippen LogP contribution in [-0.2, 0) is 42.8 Å². The molecule has 226 valence electrons. The van der Waals surface area contributed by atoms with Crippen LogP contribution in [0.1, 0.15) is 46.2 Å². The second-order valence-electron chi connectivity index (χ2n) is 8.91. The van der Waals surface area contributed by atoms with Crippen LogP contribution in [0.2, 0.25) is 0 Å². The molecule has 0 bridgehead atoms. The molecule has 11 nitrogen and oxygen atoms in total. The van der Waals surface area contributed by atoms with Crippen molar-refractivity contribution in [1.82, 2.24) is 0 Å². The van der Waals surface area contributed by atoms with Crippen LogP contribution in [0.3, 0.4) is 0 Å². The molecule has 0 saturated carbocycles.